The number of hydrogen-bond donors (Lipinski definition) is 2. The van der Waals surface area contributed by atoms with Gasteiger partial charge in [0.05, 0.1) is 0 Å². The number of carbonyl (C=O) groups excluding carboxylic acids is 2. The Hall–Kier alpha value is -2.58. The zero-order chi connectivity index (χ0) is 21.7. The first-order valence-electron chi connectivity index (χ1n) is 9.47. The van der Waals surface area contributed by atoms with Crippen molar-refractivity contribution < 1.29 is 9.59 Å². The van der Waals surface area contributed by atoms with Crippen LogP contribution in [-0.2, 0) is 16.0 Å². The monoisotopic (exact) mass is 486 g/mol. The summed E-state index contributed by atoms with van der Waals surface area (Å²) in [4.78, 5) is 25.5. The molecule has 30 heavy (non-hydrogen) atoms. The summed E-state index contributed by atoms with van der Waals surface area (Å²) in [5.41, 5.74) is 1.27. The van der Waals surface area contributed by atoms with Crippen LogP contribution >= 0.6 is 27.3 Å². The summed E-state index contributed by atoms with van der Waals surface area (Å²) in [5, 5.41) is 15.0. The van der Waals surface area contributed by atoms with Crippen LogP contribution in [0.3, 0.4) is 0 Å². The van der Waals surface area contributed by atoms with Gasteiger partial charge in [0.2, 0.25) is 16.9 Å². The quantitative estimate of drug-likeness (QED) is 0.529. The molecule has 3 aromatic rings. The highest BCUT2D eigenvalue weighted by atomic mass is 79.9. The van der Waals surface area contributed by atoms with Crippen LogP contribution in [0, 0.1) is 5.41 Å². The molecule has 0 radical (unpaired) electrons. The van der Waals surface area contributed by atoms with Gasteiger partial charge in [0.1, 0.15) is 11.0 Å². The van der Waals surface area contributed by atoms with Crippen molar-refractivity contribution in [2.24, 2.45) is 5.41 Å². The van der Waals surface area contributed by atoms with Crippen molar-refractivity contribution in [1.82, 2.24) is 15.5 Å². The van der Waals surface area contributed by atoms with Crippen LogP contribution in [0.2, 0.25) is 0 Å². The summed E-state index contributed by atoms with van der Waals surface area (Å²) in [6.45, 7) is 5.44. The van der Waals surface area contributed by atoms with Gasteiger partial charge in [-0.1, -0.05) is 90.5 Å². The number of aromatic nitrogens is 2. The molecule has 1 atom stereocenters. The van der Waals surface area contributed by atoms with E-state index in [4.69, 9.17) is 0 Å². The van der Waals surface area contributed by atoms with E-state index in [2.05, 4.69) is 36.8 Å². The zero-order valence-electron chi connectivity index (χ0n) is 17.0. The maximum Gasteiger partial charge on any atom is 0.249 e. The molecule has 0 saturated carbocycles. The normalized spacial score (nSPS) is 12.3. The molecule has 0 aliphatic rings. The van der Waals surface area contributed by atoms with E-state index in [0.717, 1.165) is 15.6 Å². The smallest absolute Gasteiger partial charge is 0.249 e. The van der Waals surface area contributed by atoms with Gasteiger partial charge in [-0.25, -0.2) is 0 Å². The van der Waals surface area contributed by atoms with Crippen LogP contribution in [0.15, 0.2) is 59.1 Å². The lowest BCUT2D eigenvalue weighted by molar-refractivity contribution is -0.132. The second kappa shape index (κ2) is 9.49. The molecule has 0 aliphatic carbocycles. The molecule has 2 aromatic carbocycles. The number of nitrogens with one attached hydrogen (secondary N) is 2. The molecule has 3 rings (SSSR count). The number of benzene rings is 2. The highest BCUT2D eigenvalue weighted by molar-refractivity contribution is 9.10. The van der Waals surface area contributed by atoms with Gasteiger partial charge < -0.3 is 5.32 Å². The Morgan fingerprint density at radius 1 is 1.03 bits per heavy atom. The summed E-state index contributed by atoms with van der Waals surface area (Å²) < 4.78 is 0.975. The third kappa shape index (κ3) is 5.96. The summed E-state index contributed by atoms with van der Waals surface area (Å²) >= 11 is 4.69. The molecule has 2 amide bonds. The van der Waals surface area contributed by atoms with Crippen LogP contribution in [-0.4, -0.2) is 28.1 Å². The van der Waals surface area contributed by atoms with Gasteiger partial charge in [-0.2, -0.15) is 0 Å². The van der Waals surface area contributed by atoms with Gasteiger partial charge in [0, 0.05) is 21.9 Å². The summed E-state index contributed by atoms with van der Waals surface area (Å²) in [6, 6.07) is 16.6. The molecule has 156 valence electrons. The number of nitrogens with zero attached hydrogens (tertiary/aromatic N) is 2. The van der Waals surface area contributed by atoms with Gasteiger partial charge in [-0.15, -0.1) is 10.2 Å². The zero-order valence-corrected chi connectivity index (χ0v) is 19.4. The van der Waals surface area contributed by atoms with Gasteiger partial charge >= 0.3 is 0 Å². The third-order valence-corrected chi connectivity index (χ3v) is 5.75. The van der Waals surface area contributed by atoms with Crippen LogP contribution in [0.5, 0.6) is 0 Å². The maximum atomic E-state index is 13.0. The van der Waals surface area contributed by atoms with Gasteiger partial charge in [-0.05, 0) is 17.7 Å². The molecular weight excluding hydrogens is 464 g/mol. The Labute approximate surface area is 188 Å². The minimum atomic E-state index is -0.723. The number of amides is 2. The molecule has 1 unspecified atom stereocenters. The van der Waals surface area contributed by atoms with E-state index < -0.39 is 11.5 Å². The minimum absolute atomic E-state index is 0.189. The van der Waals surface area contributed by atoms with Crippen molar-refractivity contribution in [1.29, 1.82) is 0 Å². The van der Waals surface area contributed by atoms with E-state index >= 15 is 0 Å². The molecule has 1 aromatic heterocycles. The van der Waals surface area contributed by atoms with E-state index in [9.17, 15) is 9.59 Å². The molecule has 1 heterocycles. The maximum absolute atomic E-state index is 13.0. The van der Waals surface area contributed by atoms with E-state index in [-0.39, 0.29) is 11.8 Å². The Morgan fingerprint density at radius 2 is 1.70 bits per heavy atom. The Kier molecular flexibility index (Phi) is 6.99. The Morgan fingerprint density at radius 3 is 2.33 bits per heavy atom. The molecule has 2 N–H and O–H groups in total. The van der Waals surface area contributed by atoms with E-state index in [1.807, 2.05) is 75.4 Å². The Bertz CT molecular complexity index is 1010. The van der Waals surface area contributed by atoms with Gasteiger partial charge in [-0.3, -0.25) is 14.9 Å². The number of hydrogen-bond acceptors (Lipinski definition) is 5. The summed E-state index contributed by atoms with van der Waals surface area (Å²) in [6.07, 6.45) is 0.382. The second-order valence-corrected chi connectivity index (χ2v) is 9.77. The predicted octanol–water partition coefficient (Wildman–Crippen LogP) is 4.68. The summed E-state index contributed by atoms with van der Waals surface area (Å²) in [7, 11) is 0. The largest absolute Gasteiger partial charge is 0.344 e. The topological polar surface area (TPSA) is 84.0 Å². The molecule has 0 spiro atoms. The minimum Gasteiger partial charge on any atom is -0.344 e. The second-order valence-electron chi connectivity index (χ2n) is 7.87. The third-order valence-electron chi connectivity index (χ3n) is 4.33. The van der Waals surface area contributed by atoms with Gasteiger partial charge in [0.25, 0.3) is 0 Å². The predicted molar refractivity (Wildman–Crippen MR) is 123 cm³/mol. The lowest BCUT2D eigenvalue weighted by Crippen LogP contribution is -2.48. The Balaban J connectivity index is 1.75. The molecular formula is C22H23BrN4O2S. The lowest BCUT2D eigenvalue weighted by Gasteiger charge is -2.23. The molecule has 8 heteroatoms. The van der Waals surface area contributed by atoms with E-state index in [0.29, 0.717) is 16.6 Å². The molecule has 0 saturated heterocycles. The van der Waals surface area contributed by atoms with Crippen LogP contribution < -0.4 is 10.6 Å². The van der Waals surface area contributed by atoms with Crippen molar-refractivity contribution in [2.45, 2.75) is 33.2 Å². The number of halogens is 1. The van der Waals surface area contributed by atoms with Crippen molar-refractivity contribution in [3.8, 4) is 10.6 Å². The number of rotatable bonds is 6. The van der Waals surface area contributed by atoms with Crippen LogP contribution in [0.25, 0.3) is 10.6 Å². The van der Waals surface area contributed by atoms with Crippen LogP contribution in [0.4, 0.5) is 5.13 Å². The summed E-state index contributed by atoms with van der Waals surface area (Å²) in [5.74, 6) is -0.513. The molecule has 6 nitrogen and oxygen atoms in total. The van der Waals surface area contributed by atoms with Crippen molar-refractivity contribution >= 4 is 44.2 Å². The first-order valence-corrected chi connectivity index (χ1v) is 11.1. The van der Waals surface area contributed by atoms with Crippen molar-refractivity contribution in [2.75, 3.05) is 5.32 Å². The fraction of sp³-hybridized carbons (Fsp3) is 0.273. The fourth-order valence-corrected chi connectivity index (χ4v) is 3.63. The van der Waals surface area contributed by atoms with E-state index in [1.54, 1.807) is 0 Å². The number of carbonyl (C=O) groups is 2. The first-order chi connectivity index (χ1) is 14.2. The first kappa shape index (κ1) is 22.1. The average Bonchev–Trinajstić information content (AvgIpc) is 3.16. The highest BCUT2D eigenvalue weighted by Crippen LogP contribution is 2.27. The molecule has 0 bridgehead atoms. The highest BCUT2D eigenvalue weighted by Gasteiger charge is 2.28. The van der Waals surface area contributed by atoms with E-state index in [1.165, 1.54) is 11.3 Å². The van der Waals surface area contributed by atoms with Gasteiger partial charge in [0.15, 0.2) is 0 Å². The lowest BCUT2D eigenvalue weighted by atomic mass is 9.94. The van der Waals surface area contributed by atoms with Crippen molar-refractivity contribution in [3.63, 3.8) is 0 Å². The average molecular weight is 487 g/mol. The number of anilines is 1. The SMILES string of the molecule is CC(C)(C)C(=O)NC(Cc1ccccc1)C(=O)Nc1nnc(-c2ccc(Br)cc2)s1. The fourth-order valence-electron chi connectivity index (χ4n) is 2.61. The molecule has 0 fully saturated rings. The van der Waals surface area contributed by atoms with Crippen LogP contribution in [0.1, 0.15) is 26.3 Å². The molecule has 0 aliphatic heterocycles. The van der Waals surface area contributed by atoms with Crippen molar-refractivity contribution in [3.05, 3.63) is 64.6 Å². The standard InChI is InChI=1S/C22H23BrN4O2S/c1-22(2,3)20(29)24-17(13-14-7-5-4-6-8-14)18(28)25-21-27-26-19(30-21)15-9-11-16(23)12-10-15/h4-12,17H,13H2,1-3H3,(H,24,29)(H,25,27,28).